The van der Waals surface area contributed by atoms with E-state index < -0.39 is 0 Å². The minimum atomic E-state index is -0.140. The smallest absolute Gasteiger partial charge is 0.136 e. The van der Waals surface area contributed by atoms with Crippen molar-refractivity contribution in [1.82, 2.24) is 0 Å². The van der Waals surface area contributed by atoms with Crippen LogP contribution in [0.4, 0.5) is 17.1 Å². The van der Waals surface area contributed by atoms with E-state index in [0.29, 0.717) is 0 Å². The van der Waals surface area contributed by atoms with Gasteiger partial charge in [-0.1, -0.05) is 167 Å². The summed E-state index contributed by atoms with van der Waals surface area (Å²) in [7, 11) is 0. The van der Waals surface area contributed by atoms with Gasteiger partial charge in [0.25, 0.3) is 0 Å². The van der Waals surface area contributed by atoms with Gasteiger partial charge in [-0.05, 0) is 126 Å². The summed E-state index contributed by atoms with van der Waals surface area (Å²) >= 11 is 0. The first-order valence-electron chi connectivity index (χ1n) is 21.1. The summed E-state index contributed by atoms with van der Waals surface area (Å²) in [6, 6.07) is 69.4. The molecule has 9 aromatic carbocycles. The molecule has 10 aromatic rings. The van der Waals surface area contributed by atoms with Gasteiger partial charge in [0, 0.05) is 38.7 Å². The molecule has 0 saturated heterocycles. The van der Waals surface area contributed by atoms with Crippen molar-refractivity contribution in [2.45, 2.75) is 38.5 Å². The highest BCUT2D eigenvalue weighted by molar-refractivity contribution is 6.22. The predicted octanol–water partition coefficient (Wildman–Crippen LogP) is 16.2. The van der Waals surface area contributed by atoms with Crippen LogP contribution in [0.1, 0.15) is 49.9 Å². The Morgan fingerprint density at radius 2 is 0.817 bits per heavy atom. The third-order valence-corrected chi connectivity index (χ3v) is 13.7. The fraction of sp³-hybridized carbons (Fsp3) is 0.103. The van der Waals surface area contributed by atoms with Crippen molar-refractivity contribution in [1.29, 1.82) is 0 Å². The molecule has 60 heavy (non-hydrogen) atoms. The van der Waals surface area contributed by atoms with E-state index in [2.05, 4.69) is 221 Å². The van der Waals surface area contributed by atoms with Crippen molar-refractivity contribution in [2.75, 3.05) is 4.90 Å². The Balaban J connectivity index is 1.13. The van der Waals surface area contributed by atoms with E-state index in [9.17, 15) is 0 Å². The van der Waals surface area contributed by atoms with Crippen LogP contribution in [0.2, 0.25) is 0 Å². The summed E-state index contributed by atoms with van der Waals surface area (Å²) < 4.78 is 6.65. The lowest BCUT2D eigenvalue weighted by Gasteiger charge is -2.30. The molecular weight excluding hydrogens is 727 g/mol. The monoisotopic (exact) mass is 769 g/mol. The molecule has 0 aliphatic heterocycles. The van der Waals surface area contributed by atoms with Crippen LogP contribution in [0.25, 0.3) is 77.2 Å². The highest BCUT2D eigenvalue weighted by atomic mass is 16.3. The first kappa shape index (κ1) is 34.8. The average Bonchev–Trinajstić information content (AvgIpc) is 3.86. The molecular formula is C58H43NO. The molecule has 286 valence electrons. The zero-order chi connectivity index (χ0) is 40.3. The molecule has 0 amide bonds. The molecule has 0 fully saturated rings. The van der Waals surface area contributed by atoms with Crippen LogP contribution in [-0.2, 0) is 10.8 Å². The lowest BCUT2D eigenvalue weighted by atomic mass is 9.82. The molecule has 2 aliphatic rings. The number of hydrogen-bond acceptors (Lipinski definition) is 2. The molecule has 0 spiro atoms. The van der Waals surface area contributed by atoms with Gasteiger partial charge >= 0.3 is 0 Å². The predicted molar refractivity (Wildman–Crippen MR) is 252 cm³/mol. The maximum Gasteiger partial charge on any atom is 0.136 e. The normalized spacial score (nSPS) is 14.3. The van der Waals surface area contributed by atoms with Crippen LogP contribution >= 0.6 is 0 Å². The fourth-order valence-electron chi connectivity index (χ4n) is 10.7. The second-order valence-corrected chi connectivity index (χ2v) is 17.7. The maximum absolute atomic E-state index is 6.65. The standard InChI is InChI=1S/C58H43NO/c1-57(2)50-23-13-10-19-42(50)44-30-27-38(33-52(44)57)59(39-28-31-45-43-20-11-14-24-51(43)58(3,4)53(45)34-39)37-26-29-40(36-16-6-5-7-17-36)48(32-37)49-35-55-56(46-21-9-8-18-41(46)49)47-22-12-15-25-54(47)60-55/h5-35H,1-4H3. The molecule has 1 aromatic heterocycles. The van der Waals surface area contributed by atoms with E-state index in [1.807, 2.05) is 0 Å². The third kappa shape index (κ3) is 4.94. The molecule has 0 N–H and O–H groups in total. The zero-order valence-electron chi connectivity index (χ0n) is 34.3. The summed E-state index contributed by atoms with van der Waals surface area (Å²) in [5, 5.41) is 4.69. The van der Waals surface area contributed by atoms with Crippen molar-refractivity contribution in [3.8, 4) is 44.5 Å². The van der Waals surface area contributed by atoms with E-state index in [-0.39, 0.29) is 10.8 Å². The second-order valence-electron chi connectivity index (χ2n) is 17.7. The maximum atomic E-state index is 6.65. The van der Waals surface area contributed by atoms with E-state index in [4.69, 9.17) is 4.42 Å². The number of furan rings is 1. The highest BCUT2D eigenvalue weighted by Gasteiger charge is 2.38. The summed E-state index contributed by atoms with van der Waals surface area (Å²) in [5.74, 6) is 0. The molecule has 2 heteroatoms. The van der Waals surface area contributed by atoms with Crippen LogP contribution in [0.3, 0.4) is 0 Å². The SMILES string of the molecule is CC1(C)c2ccccc2-c2ccc(N(c3ccc(-c4ccccc4)c(-c4cc5oc6ccccc6c5c5ccccc45)c3)c3ccc4c(c3)C(C)(C)c3ccccc3-4)cc21. The molecule has 0 unspecified atom stereocenters. The van der Waals surface area contributed by atoms with Gasteiger partial charge in [-0.15, -0.1) is 0 Å². The van der Waals surface area contributed by atoms with Gasteiger partial charge in [0.1, 0.15) is 11.2 Å². The van der Waals surface area contributed by atoms with Gasteiger partial charge < -0.3 is 9.32 Å². The first-order valence-corrected chi connectivity index (χ1v) is 21.1. The lowest BCUT2D eigenvalue weighted by Crippen LogP contribution is -2.18. The number of benzene rings is 9. The Hall–Kier alpha value is -7.16. The van der Waals surface area contributed by atoms with Gasteiger partial charge in [0.2, 0.25) is 0 Å². The van der Waals surface area contributed by atoms with E-state index in [1.54, 1.807) is 0 Å². The average molecular weight is 770 g/mol. The third-order valence-electron chi connectivity index (χ3n) is 13.7. The summed E-state index contributed by atoms with van der Waals surface area (Å²) in [6.07, 6.45) is 0. The van der Waals surface area contributed by atoms with Crippen LogP contribution in [0, 0.1) is 0 Å². The molecule has 2 nitrogen and oxygen atoms in total. The fourth-order valence-corrected chi connectivity index (χ4v) is 10.7. The highest BCUT2D eigenvalue weighted by Crippen LogP contribution is 2.54. The topological polar surface area (TPSA) is 16.4 Å². The number of fused-ring (bicyclic) bond motifs is 11. The lowest BCUT2D eigenvalue weighted by molar-refractivity contribution is 0.660. The van der Waals surface area contributed by atoms with Crippen LogP contribution in [0.15, 0.2) is 192 Å². The number of anilines is 3. The van der Waals surface area contributed by atoms with E-state index in [1.165, 1.54) is 66.4 Å². The number of para-hydroxylation sites is 1. The van der Waals surface area contributed by atoms with Crippen LogP contribution in [0.5, 0.6) is 0 Å². The Kier molecular flexibility index (Phi) is 7.36. The first-order chi connectivity index (χ1) is 29.3. The summed E-state index contributed by atoms with van der Waals surface area (Å²) in [4.78, 5) is 2.48. The van der Waals surface area contributed by atoms with E-state index >= 15 is 0 Å². The molecule has 1 heterocycles. The van der Waals surface area contributed by atoms with Gasteiger partial charge in [0.05, 0.1) is 0 Å². The minimum Gasteiger partial charge on any atom is -0.456 e. The molecule has 0 atom stereocenters. The van der Waals surface area contributed by atoms with Gasteiger partial charge in [0.15, 0.2) is 0 Å². The second kappa shape index (κ2) is 12.7. The van der Waals surface area contributed by atoms with Gasteiger partial charge in [-0.25, -0.2) is 0 Å². The van der Waals surface area contributed by atoms with Crippen molar-refractivity contribution in [3.05, 3.63) is 210 Å². The molecule has 0 saturated carbocycles. The van der Waals surface area contributed by atoms with Crippen LogP contribution in [-0.4, -0.2) is 0 Å². The van der Waals surface area contributed by atoms with Crippen molar-refractivity contribution >= 4 is 49.8 Å². The van der Waals surface area contributed by atoms with Crippen LogP contribution < -0.4 is 4.90 Å². The Morgan fingerprint density at radius 3 is 1.45 bits per heavy atom. The quantitative estimate of drug-likeness (QED) is 0.173. The Labute approximate surface area is 351 Å². The van der Waals surface area contributed by atoms with Crippen molar-refractivity contribution in [2.24, 2.45) is 0 Å². The molecule has 12 rings (SSSR count). The van der Waals surface area contributed by atoms with Gasteiger partial charge in [-0.2, -0.15) is 0 Å². The number of hydrogen-bond donors (Lipinski definition) is 0. The van der Waals surface area contributed by atoms with Crippen molar-refractivity contribution in [3.63, 3.8) is 0 Å². The minimum absolute atomic E-state index is 0.140. The Morgan fingerprint density at radius 1 is 0.333 bits per heavy atom. The number of nitrogens with zero attached hydrogens (tertiary/aromatic N) is 1. The molecule has 0 radical (unpaired) electrons. The van der Waals surface area contributed by atoms with Crippen molar-refractivity contribution < 1.29 is 4.42 Å². The summed E-state index contributed by atoms with van der Waals surface area (Å²) in [5.41, 5.74) is 20.3. The van der Waals surface area contributed by atoms with E-state index in [0.717, 1.165) is 50.1 Å². The molecule has 0 bridgehead atoms. The zero-order valence-corrected chi connectivity index (χ0v) is 34.3. The largest absolute Gasteiger partial charge is 0.456 e. The Bertz CT molecular complexity index is 3280. The summed E-state index contributed by atoms with van der Waals surface area (Å²) in [6.45, 7) is 9.47. The van der Waals surface area contributed by atoms with Gasteiger partial charge in [-0.3, -0.25) is 0 Å². The number of rotatable bonds is 5. The molecule has 2 aliphatic carbocycles.